The van der Waals surface area contributed by atoms with Crippen molar-refractivity contribution in [2.45, 2.75) is 25.0 Å². The van der Waals surface area contributed by atoms with Crippen molar-refractivity contribution in [2.75, 3.05) is 12.3 Å². The molecular weight excluding hydrogens is 325 g/mol. The van der Waals surface area contributed by atoms with E-state index in [1.54, 1.807) is 12.1 Å². The molecule has 0 aliphatic heterocycles. The van der Waals surface area contributed by atoms with E-state index in [0.29, 0.717) is 24.5 Å². The highest BCUT2D eigenvalue weighted by Gasteiger charge is 2.11. The minimum atomic E-state index is -0.995. The van der Waals surface area contributed by atoms with E-state index >= 15 is 0 Å². The molecular formula is C19H22FNO2S. The minimum Gasteiger partial charge on any atom is -0.355 e. The van der Waals surface area contributed by atoms with Gasteiger partial charge in [0.25, 0.3) is 0 Å². The van der Waals surface area contributed by atoms with Gasteiger partial charge in [0.1, 0.15) is 5.82 Å². The molecule has 24 heavy (non-hydrogen) atoms. The SMILES string of the molecule is C[C@@H](CC(=O)NCC[S@](=O)Cc1ccccc1)c1ccc(F)cc1. The summed E-state index contributed by atoms with van der Waals surface area (Å²) in [5, 5.41) is 2.81. The van der Waals surface area contributed by atoms with Crippen molar-refractivity contribution in [3.05, 3.63) is 71.5 Å². The van der Waals surface area contributed by atoms with E-state index in [1.165, 1.54) is 12.1 Å². The molecule has 0 saturated carbocycles. The molecule has 0 aliphatic carbocycles. The number of carbonyl (C=O) groups is 1. The molecule has 2 aromatic rings. The number of carbonyl (C=O) groups excluding carboxylic acids is 1. The molecule has 0 heterocycles. The first-order valence-corrected chi connectivity index (χ1v) is 9.44. The summed E-state index contributed by atoms with van der Waals surface area (Å²) in [5.41, 5.74) is 1.96. The number of rotatable bonds is 8. The lowest BCUT2D eigenvalue weighted by molar-refractivity contribution is -0.121. The summed E-state index contributed by atoms with van der Waals surface area (Å²) >= 11 is 0. The fraction of sp³-hybridized carbons (Fsp3) is 0.316. The van der Waals surface area contributed by atoms with E-state index in [9.17, 15) is 13.4 Å². The third kappa shape index (κ3) is 6.24. The topological polar surface area (TPSA) is 46.2 Å². The van der Waals surface area contributed by atoms with Crippen LogP contribution in [-0.4, -0.2) is 22.4 Å². The monoisotopic (exact) mass is 347 g/mol. The number of amides is 1. The lowest BCUT2D eigenvalue weighted by Gasteiger charge is -2.12. The second kappa shape index (κ2) is 9.33. The summed E-state index contributed by atoms with van der Waals surface area (Å²) in [7, 11) is -0.995. The molecule has 0 radical (unpaired) electrons. The summed E-state index contributed by atoms with van der Waals surface area (Å²) in [6.45, 7) is 2.33. The van der Waals surface area contributed by atoms with E-state index in [2.05, 4.69) is 5.32 Å². The zero-order valence-electron chi connectivity index (χ0n) is 13.7. The molecule has 0 bridgehead atoms. The van der Waals surface area contributed by atoms with E-state index in [-0.39, 0.29) is 17.6 Å². The maximum absolute atomic E-state index is 12.9. The van der Waals surface area contributed by atoms with Gasteiger partial charge in [0.2, 0.25) is 5.91 Å². The Morgan fingerprint density at radius 1 is 1.12 bits per heavy atom. The number of hydrogen-bond donors (Lipinski definition) is 1. The van der Waals surface area contributed by atoms with Crippen molar-refractivity contribution in [3.8, 4) is 0 Å². The summed E-state index contributed by atoms with van der Waals surface area (Å²) < 4.78 is 24.9. The zero-order valence-corrected chi connectivity index (χ0v) is 14.5. The van der Waals surface area contributed by atoms with E-state index < -0.39 is 10.8 Å². The van der Waals surface area contributed by atoms with Crippen LogP contribution in [0.25, 0.3) is 0 Å². The molecule has 2 rings (SSSR count). The Morgan fingerprint density at radius 2 is 1.79 bits per heavy atom. The normalized spacial score (nSPS) is 13.2. The average Bonchev–Trinajstić information content (AvgIpc) is 2.56. The molecule has 0 spiro atoms. The molecule has 2 atom stereocenters. The van der Waals surface area contributed by atoms with Crippen molar-refractivity contribution >= 4 is 16.7 Å². The molecule has 1 amide bonds. The van der Waals surface area contributed by atoms with Crippen LogP contribution in [0.5, 0.6) is 0 Å². The molecule has 0 fully saturated rings. The third-order valence-corrected chi connectivity index (χ3v) is 5.07. The molecule has 0 aromatic heterocycles. The van der Waals surface area contributed by atoms with Crippen molar-refractivity contribution in [1.29, 1.82) is 0 Å². The first-order valence-electron chi connectivity index (χ1n) is 7.95. The van der Waals surface area contributed by atoms with Gasteiger partial charge in [-0.2, -0.15) is 0 Å². The molecule has 0 saturated heterocycles. The van der Waals surface area contributed by atoms with Crippen LogP contribution in [-0.2, 0) is 21.3 Å². The second-order valence-electron chi connectivity index (χ2n) is 5.78. The lowest BCUT2D eigenvalue weighted by Crippen LogP contribution is -2.28. The van der Waals surface area contributed by atoms with Gasteiger partial charge in [-0.05, 0) is 29.2 Å². The van der Waals surface area contributed by atoms with Crippen LogP contribution in [0.2, 0.25) is 0 Å². The first kappa shape index (κ1) is 18.3. The van der Waals surface area contributed by atoms with Gasteiger partial charge in [-0.15, -0.1) is 0 Å². The molecule has 5 heteroatoms. The van der Waals surface area contributed by atoms with Gasteiger partial charge in [0.15, 0.2) is 0 Å². The van der Waals surface area contributed by atoms with Crippen molar-refractivity contribution in [2.24, 2.45) is 0 Å². The van der Waals surface area contributed by atoms with Crippen molar-refractivity contribution < 1.29 is 13.4 Å². The third-order valence-electron chi connectivity index (χ3n) is 3.75. The zero-order chi connectivity index (χ0) is 17.4. The van der Waals surface area contributed by atoms with E-state index in [4.69, 9.17) is 0 Å². The van der Waals surface area contributed by atoms with Gasteiger partial charge in [-0.1, -0.05) is 49.4 Å². The van der Waals surface area contributed by atoms with Gasteiger partial charge >= 0.3 is 0 Å². The Hall–Kier alpha value is -2.01. The highest BCUT2D eigenvalue weighted by molar-refractivity contribution is 7.84. The summed E-state index contributed by atoms with van der Waals surface area (Å²) in [6, 6.07) is 15.9. The molecule has 0 unspecified atom stereocenters. The Morgan fingerprint density at radius 3 is 2.46 bits per heavy atom. The predicted molar refractivity (Wildman–Crippen MR) is 95.6 cm³/mol. The standard InChI is InChI=1S/C19H22FNO2S/c1-15(17-7-9-18(20)10-8-17)13-19(22)21-11-12-24(23)14-16-5-3-2-4-6-16/h2-10,15H,11-14H2,1H3,(H,21,22)/t15-,24-/m0/s1. The van der Waals surface area contributed by atoms with E-state index in [0.717, 1.165) is 11.1 Å². The summed E-state index contributed by atoms with van der Waals surface area (Å²) in [5.74, 6) is 0.592. The number of nitrogens with one attached hydrogen (secondary N) is 1. The molecule has 3 nitrogen and oxygen atoms in total. The Labute approximate surface area is 144 Å². The van der Waals surface area contributed by atoms with Crippen LogP contribution in [0.1, 0.15) is 30.4 Å². The molecule has 128 valence electrons. The fourth-order valence-corrected chi connectivity index (χ4v) is 3.43. The first-order chi connectivity index (χ1) is 11.5. The van der Waals surface area contributed by atoms with Crippen LogP contribution < -0.4 is 5.32 Å². The molecule has 2 aromatic carbocycles. The van der Waals surface area contributed by atoms with Gasteiger partial charge in [0, 0.05) is 35.3 Å². The predicted octanol–water partition coefficient (Wildman–Crippen LogP) is 3.38. The summed E-state index contributed by atoms with van der Waals surface area (Å²) in [4.78, 5) is 11.9. The Bertz CT molecular complexity index is 674. The number of benzene rings is 2. The van der Waals surface area contributed by atoms with Gasteiger partial charge < -0.3 is 5.32 Å². The van der Waals surface area contributed by atoms with Gasteiger partial charge in [0.05, 0.1) is 0 Å². The Balaban J connectivity index is 1.69. The molecule has 0 aliphatic rings. The van der Waals surface area contributed by atoms with Crippen molar-refractivity contribution in [3.63, 3.8) is 0 Å². The highest BCUT2D eigenvalue weighted by atomic mass is 32.2. The second-order valence-corrected chi connectivity index (χ2v) is 7.36. The lowest BCUT2D eigenvalue weighted by atomic mass is 9.97. The maximum atomic E-state index is 12.9. The van der Waals surface area contributed by atoms with E-state index in [1.807, 2.05) is 37.3 Å². The van der Waals surface area contributed by atoms with Crippen LogP contribution in [0, 0.1) is 5.82 Å². The van der Waals surface area contributed by atoms with Crippen LogP contribution in [0.4, 0.5) is 4.39 Å². The Kier molecular flexibility index (Phi) is 7.12. The molecule has 1 N–H and O–H groups in total. The smallest absolute Gasteiger partial charge is 0.220 e. The van der Waals surface area contributed by atoms with Gasteiger partial charge in [-0.25, -0.2) is 4.39 Å². The fourth-order valence-electron chi connectivity index (χ4n) is 2.40. The minimum absolute atomic E-state index is 0.0143. The quantitative estimate of drug-likeness (QED) is 0.796. The van der Waals surface area contributed by atoms with Crippen LogP contribution in [0.15, 0.2) is 54.6 Å². The van der Waals surface area contributed by atoms with Crippen LogP contribution >= 0.6 is 0 Å². The average molecular weight is 347 g/mol. The largest absolute Gasteiger partial charge is 0.355 e. The van der Waals surface area contributed by atoms with Gasteiger partial charge in [-0.3, -0.25) is 9.00 Å². The maximum Gasteiger partial charge on any atom is 0.220 e. The number of halogens is 1. The number of hydrogen-bond acceptors (Lipinski definition) is 2. The summed E-state index contributed by atoms with van der Waals surface area (Å²) in [6.07, 6.45) is 0.330. The highest BCUT2D eigenvalue weighted by Crippen LogP contribution is 2.18. The van der Waals surface area contributed by atoms with Crippen molar-refractivity contribution in [1.82, 2.24) is 5.32 Å². The van der Waals surface area contributed by atoms with Crippen LogP contribution in [0.3, 0.4) is 0 Å².